The summed E-state index contributed by atoms with van der Waals surface area (Å²) in [5.74, 6) is 0.257. The average molecular weight is 415 g/mol. The normalized spacial score (nSPS) is 21.3. The number of amides is 2. The van der Waals surface area contributed by atoms with E-state index in [1.807, 2.05) is 7.05 Å². The summed E-state index contributed by atoms with van der Waals surface area (Å²) in [7, 11) is 3.46. The lowest BCUT2D eigenvalue weighted by Crippen LogP contribution is -2.51. The van der Waals surface area contributed by atoms with Crippen LogP contribution in [0.2, 0.25) is 0 Å². The molecule has 2 heterocycles. The Morgan fingerprint density at radius 2 is 1.83 bits per heavy atom. The van der Waals surface area contributed by atoms with E-state index in [1.165, 1.54) is 18.4 Å². The highest BCUT2D eigenvalue weighted by Gasteiger charge is 2.32. The van der Waals surface area contributed by atoms with Gasteiger partial charge >= 0.3 is 0 Å². The van der Waals surface area contributed by atoms with Crippen molar-refractivity contribution < 1.29 is 9.59 Å². The fourth-order valence-electron chi connectivity index (χ4n) is 4.80. The van der Waals surface area contributed by atoms with Gasteiger partial charge in [-0.25, -0.2) is 0 Å². The van der Waals surface area contributed by atoms with Crippen LogP contribution in [-0.2, 0) is 16.0 Å². The van der Waals surface area contributed by atoms with Crippen molar-refractivity contribution in [1.82, 2.24) is 20.0 Å². The molecule has 1 N–H and O–H groups in total. The Bertz CT molecular complexity index is 673. The number of carbonyl (C=O) groups is 2. The fourth-order valence-corrected chi connectivity index (χ4v) is 4.80. The molecule has 166 valence electrons. The molecule has 0 saturated carbocycles. The molecule has 6 heteroatoms. The minimum atomic E-state index is -0.0149. The Morgan fingerprint density at radius 1 is 1.10 bits per heavy atom. The van der Waals surface area contributed by atoms with Crippen molar-refractivity contribution in [2.75, 3.05) is 53.4 Å². The number of hydrogen-bond donors (Lipinski definition) is 1. The second-order valence-corrected chi connectivity index (χ2v) is 8.83. The molecule has 0 aliphatic carbocycles. The van der Waals surface area contributed by atoms with Gasteiger partial charge in [-0.3, -0.25) is 14.5 Å². The van der Waals surface area contributed by atoms with Gasteiger partial charge in [-0.2, -0.15) is 0 Å². The molecule has 1 aromatic rings. The highest BCUT2D eigenvalue weighted by atomic mass is 16.2. The van der Waals surface area contributed by atoms with Crippen LogP contribution in [0.1, 0.15) is 37.7 Å². The van der Waals surface area contributed by atoms with Crippen molar-refractivity contribution in [3.05, 3.63) is 35.9 Å². The largest absolute Gasteiger partial charge is 0.359 e. The molecule has 1 atom stereocenters. The van der Waals surface area contributed by atoms with Crippen LogP contribution < -0.4 is 5.32 Å². The second-order valence-electron chi connectivity index (χ2n) is 8.83. The molecule has 2 fully saturated rings. The number of nitrogens with zero attached hydrogens (tertiary/aromatic N) is 3. The minimum absolute atomic E-state index is 0.0149. The van der Waals surface area contributed by atoms with Crippen molar-refractivity contribution in [1.29, 1.82) is 0 Å². The molecule has 1 aromatic carbocycles. The van der Waals surface area contributed by atoms with E-state index in [4.69, 9.17) is 0 Å². The molecule has 6 nitrogen and oxygen atoms in total. The first-order valence-electron chi connectivity index (χ1n) is 11.5. The molecule has 3 rings (SSSR count). The van der Waals surface area contributed by atoms with Crippen LogP contribution in [-0.4, -0.2) is 85.9 Å². The van der Waals surface area contributed by atoms with Crippen LogP contribution in [0, 0.1) is 5.92 Å². The molecule has 1 unspecified atom stereocenters. The van der Waals surface area contributed by atoms with Crippen LogP contribution in [0.5, 0.6) is 0 Å². The lowest BCUT2D eigenvalue weighted by atomic mass is 9.92. The SMILES string of the molecule is CNC(=O)CCN(C)C(=O)C1CCCN(C2CCN(CCc3ccccc3)CC2)C1. The Hall–Kier alpha value is -1.92. The van der Waals surface area contributed by atoms with E-state index >= 15 is 0 Å². The van der Waals surface area contributed by atoms with Gasteiger partial charge in [0, 0.05) is 46.2 Å². The summed E-state index contributed by atoms with van der Waals surface area (Å²) in [6, 6.07) is 11.3. The number of rotatable bonds is 8. The van der Waals surface area contributed by atoms with E-state index in [2.05, 4.69) is 45.4 Å². The molecule has 2 aliphatic rings. The molecular formula is C24H38N4O2. The second kappa shape index (κ2) is 11.5. The van der Waals surface area contributed by atoms with Gasteiger partial charge in [0.2, 0.25) is 11.8 Å². The first-order valence-corrected chi connectivity index (χ1v) is 11.5. The zero-order chi connectivity index (χ0) is 21.3. The monoisotopic (exact) mass is 414 g/mol. The van der Waals surface area contributed by atoms with Crippen molar-refractivity contribution in [3.8, 4) is 0 Å². The van der Waals surface area contributed by atoms with Gasteiger partial charge in [0.1, 0.15) is 0 Å². The summed E-state index contributed by atoms with van der Waals surface area (Å²) in [4.78, 5) is 31.2. The summed E-state index contributed by atoms with van der Waals surface area (Å²) in [6.07, 6.45) is 5.94. The molecule has 0 spiro atoms. The summed E-state index contributed by atoms with van der Waals surface area (Å²) in [5.41, 5.74) is 1.41. The quantitative estimate of drug-likeness (QED) is 0.707. The average Bonchev–Trinajstić information content (AvgIpc) is 2.81. The van der Waals surface area contributed by atoms with Crippen LogP contribution in [0.4, 0.5) is 0 Å². The van der Waals surface area contributed by atoms with E-state index in [1.54, 1.807) is 11.9 Å². The third-order valence-corrected chi connectivity index (χ3v) is 6.76. The first kappa shape index (κ1) is 22.8. The maximum Gasteiger partial charge on any atom is 0.226 e. The van der Waals surface area contributed by atoms with Crippen LogP contribution in [0.3, 0.4) is 0 Å². The van der Waals surface area contributed by atoms with Gasteiger partial charge in [-0.15, -0.1) is 0 Å². The summed E-state index contributed by atoms with van der Waals surface area (Å²) < 4.78 is 0. The number of hydrogen-bond acceptors (Lipinski definition) is 4. The van der Waals surface area contributed by atoms with E-state index in [-0.39, 0.29) is 17.7 Å². The molecule has 2 saturated heterocycles. The molecule has 2 aliphatic heterocycles. The standard InChI is InChI=1S/C24H38N4O2/c1-25-23(29)13-15-26(2)24(30)21-9-6-14-28(19-21)22-11-17-27(18-12-22)16-10-20-7-4-3-5-8-20/h3-5,7-8,21-22H,6,9-19H2,1-2H3,(H,25,29). The van der Waals surface area contributed by atoms with Crippen LogP contribution in [0.15, 0.2) is 30.3 Å². The lowest BCUT2D eigenvalue weighted by molar-refractivity contribution is -0.136. The van der Waals surface area contributed by atoms with Gasteiger partial charge in [0.25, 0.3) is 0 Å². The summed E-state index contributed by atoms with van der Waals surface area (Å²) in [6.45, 7) is 5.92. The van der Waals surface area contributed by atoms with Crippen LogP contribution in [0.25, 0.3) is 0 Å². The molecule has 0 bridgehead atoms. The number of benzene rings is 1. The zero-order valence-corrected chi connectivity index (χ0v) is 18.7. The molecule has 0 radical (unpaired) electrons. The smallest absolute Gasteiger partial charge is 0.226 e. The van der Waals surface area contributed by atoms with E-state index in [0.717, 1.165) is 52.0 Å². The van der Waals surface area contributed by atoms with E-state index in [9.17, 15) is 9.59 Å². The Kier molecular flexibility index (Phi) is 8.70. The molecular weight excluding hydrogens is 376 g/mol. The molecule has 30 heavy (non-hydrogen) atoms. The van der Waals surface area contributed by atoms with Gasteiger partial charge in [0.05, 0.1) is 5.92 Å². The van der Waals surface area contributed by atoms with Gasteiger partial charge < -0.3 is 15.1 Å². The third-order valence-electron chi connectivity index (χ3n) is 6.76. The first-order chi connectivity index (χ1) is 14.6. The maximum absolute atomic E-state index is 12.9. The van der Waals surface area contributed by atoms with Gasteiger partial charge in [-0.1, -0.05) is 30.3 Å². The Labute approximate surface area is 181 Å². The number of likely N-dealkylation sites (tertiary alicyclic amines) is 2. The minimum Gasteiger partial charge on any atom is -0.359 e. The van der Waals surface area contributed by atoms with Crippen LogP contribution >= 0.6 is 0 Å². The Morgan fingerprint density at radius 3 is 2.53 bits per heavy atom. The maximum atomic E-state index is 12.9. The summed E-state index contributed by atoms with van der Waals surface area (Å²) >= 11 is 0. The highest BCUT2D eigenvalue weighted by molar-refractivity contribution is 5.80. The third kappa shape index (κ3) is 6.54. The van der Waals surface area contributed by atoms with Crippen molar-refractivity contribution in [2.45, 2.75) is 44.6 Å². The zero-order valence-electron chi connectivity index (χ0n) is 18.7. The van der Waals surface area contributed by atoms with Crippen molar-refractivity contribution >= 4 is 11.8 Å². The predicted molar refractivity (Wildman–Crippen MR) is 120 cm³/mol. The van der Waals surface area contributed by atoms with E-state index < -0.39 is 0 Å². The molecule has 2 amide bonds. The number of nitrogens with one attached hydrogen (secondary N) is 1. The van der Waals surface area contributed by atoms with E-state index in [0.29, 0.717) is 19.0 Å². The Balaban J connectivity index is 1.41. The van der Waals surface area contributed by atoms with Gasteiger partial charge in [-0.05, 0) is 57.3 Å². The van der Waals surface area contributed by atoms with Gasteiger partial charge in [0.15, 0.2) is 0 Å². The summed E-state index contributed by atoms with van der Waals surface area (Å²) in [5, 5.41) is 2.62. The fraction of sp³-hybridized carbons (Fsp3) is 0.667. The van der Waals surface area contributed by atoms with Crippen molar-refractivity contribution in [2.24, 2.45) is 5.92 Å². The van der Waals surface area contributed by atoms with Crippen molar-refractivity contribution in [3.63, 3.8) is 0 Å². The number of carbonyl (C=O) groups excluding carboxylic acids is 2. The highest BCUT2D eigenvalue weighted by Crippen LogP contribution is 2.25. The predicted octanol–water partition coefficient (Wildman–Crippen LogP) is 2.00. The lowest BCUT2D eigenvalue weighted by Gasteiger charge is -2.42. The molecule has 0 aromatic heterocycles. The topological polar surface area (TPSA) is 55.9 Å². The number of piperidine rings is 2.